The molecule has 0 aliphatic heterocycles. The minimum Gasteiger partial charge on any atom is -0.325 e. The molecule has 0 unspecified atom stereocenters. The Bertz CT molecular complexity index is 439. The summed E-state index contributed by atoms with van der Waals surface area (Å²) in [4.78, 5) is 0. The Morgan fingerprint density at radius 2 is 1.80 bits per heavy atom. The van der Waals surface area contributed by atoms with Crippen LogP contribution >= 0.6 is 0 Å². The van der Waals surface area contributed by atoms with E-state index in [1.165, 1.54) is 43.2 Å². The van der Waals surface area contributed by atoms with Gasteiger partial charge in [0, 0.05) is 5.54 Å². The van der Waals surface area contributed by atoms with Crippen molar-refractivity contribution in [2.24, 2.45) is 17.1 Å². The third kappa shape index (κ3) is 3.44. The van der Waals surface area contributed by atoms with Crippen LogP contribution in [0, 0.1) is 18.3 Å². The molecular formula is C19H31N. The zero-order valence-electron chi connectivity index (χ0n) is 13.7. The Labute approximate surface area is 125 Å². The molecule has 0 saturated heterocycles. The molecule has 0 spiro atoms. The molecule has 20 heavy (non-hydrogen) atoms. The Hall–Kier alpha value is -0.820. The molecule has 1 aliphatic rings. The zero-order valence-corrected chi connectivity index (χ0v) is 13.7. The van der Waals surface area contributed by atoms with Gasteiger partial charge in [0.2, 0.25) is 0 Å². The lowest BCUT2D eigenvalue weighted by atomic mass is 9.64. The Kier molecular flexibility index (Phi) is 4.59. The second-order valence-electron chi connectivity index (χ2n) is 7.58. The van der Waals surface area contributed by atoms with E-state index in [9.17, 15) is 0 Å². The van der Waals surface area contributed by atoms with Gasteiger partial charge in [0.05, 0.1) is 0 Å². The first-order valence-corrected chi connectivity index (χ1v) is 8.20. The fourth-order valence-corrected chi connectivity index (χ4v) is 3.63. The Balaban J connectivity index is 2.00. The molecular weight excluding hydrogens is 242 g/mol. The number of benzene rings is 1. The van der Waals surface area contributed by atoms with Gasteiger partial charge in [-0.05, 0) is 61.5 Å². The quantitative estimate of drug-likeness (QED) is 0.833. The molecule has 1 heteroatoms. The van der Waals surface area contributed by atoms with Gasteiger partial charge < -0.3 is 5.73 Å². The smallest absolute Gasteiger partial charge is 0.0195 e. The third-order valence-electron chi connectivity index (χ3n) is 5.80. The fourth-order valence-electron chi connectivity index (χ4n) is 3.63. The molecule has 1 nitrogen and oxygen atoms in total. The van der Waals surface area contributed by atoms with E-state index in [1.54, 1.807) is 0 Å². The lowest BCUT2D eigenvalue weighted by molar-refractivity contribution is 0.115. The monoisotopic (exact) mass is 273 g/mol. The van der Waals surface area contributed by atoms with Crippen LogP contribution in [-0.2, 0) is 6.42 Å². The molecule has 0 atom stereocenters. The van der Waals surface area contributed by atoms with E-state index in [0.29, 0.717) is 5.41 Å². The standard InChI is InChI=1S/C19H31N/c1-5-18(3,4)17-10-12-19(20,13-11-17)14-16-9-7-6-8-15(16)2/h6-9,17H,5,10-14,20H2,1-4H3. The van der Waals surface area contributed by atoms with E-state index < -0.39 is 0 Å². The molecule has 1 aromatic carbocycles. The molecule has 0 radical (unpaired) electrons. The lowest BCUT2D eigenvalue weighted by Crippen LogP contribution is -2.47. The van der Waals surface area contributed by atoms with Crippen LogP contribution in [0.1, 0.15) is 64.0 Å². The highest BCUT2D eigenvalue weighted by molar-refractivity contribution is 5.27. The summed E-state index contributed by atoms with van der Waals surface area (Å²) in [6.45, 7) is 9.35. The van der Waals surface area contributed by atoms with Crippen LogP contribution in [0.25, 0.3) is 0 Å². The molecule has 1 aromatic rings. The van der Waals surface area contributed by atoms with Crippen LogP contribution in [0.5, 0.6) is 0 Å². The van der Waals surface area contributed by atoms with Crippen molar-refractivity contribution in [3.8, 4) is 0 Å². The molecule has 112 valence electrons. The highest BCUT2D eigenvalue weighted by atomic mass is 14.7. The molecule has 0 aromatic heterocycles. The van der Waals surface area contributed by atoms with Gasteiger partial charge in [-0.2, -0.15) is 0 Å². The predicted molar refractivity (Wildman–Crippen MR) is 87.8 cm³/mol. The van der Waals surface area contributed by atoms with Gasteiger partial charge in [-0.15, -0.1) is 0 Å². The summed E-state index contributed by atoms with van der Waals surface area (Å²) in [5.74, 6) is 0.848. The van der Waals surface area contributed by atoms with E-state index in [1.807, 2.05) is 0 Å². The van der Waals surface area contributed by atoms with Crippen molar-refractivity contribution in [3.63, 3.8) is 0 Å². The van der Waals surface area contributed by atoms with Crippen LogP contribution in [0.3, 0.4) is 0 Å². The maximum atomic E-state index is 6.71. The van der Waals surface area contributed by atoms with Crippen molar-refractivity contribution in [2.45, 2.75) is 71.8 Å². The van der Waals surface area contributed by atoms with E-state index >= 15 is 0 Å². The lowest BCUT2D eigenvalue weighted by Gasteiger charge is -2.43. The molecule has 0 bridgehead atoms. The van der Waals surface area contributed by atoms with E-state index in [2.05, 4.69) is 52.0 Å². The van der Waals surface area contributed by atoms with Gasteiger partial charge in [-0.25, -0.2) is 0 Å². The molecule has 0 heterocycles. The van der Waals surface area contributed by atoms with Gasteiger partial charge in [0.25, 0.3) is 0 Å². The summed E-state index contributed by atoms with van der Waals surface area (Å²) in [6.07, 6.45) is 7.25. The normalized spacial score (nSPS) is 27.6. The van der Waals surface area contributed by atoms with Crippen molar-refractivity contribution in [2.75, 3.05) is 0 Å². The molecule has 2 N–H and O–H groups in total. The van der Waals surface area contributed by atoms with Crippen molar-refractivity contribution in [1.29, 1.82) is 0 Å². The Morgan fingerprint density at radius 1 is 1.20 bits per heavy atom. The molecule has 1 aliphatic carbocycles. The summed E-state index contributed by atoms with van der Waals surface area (Å²) >= 11 is 0. The summed E-state index contributed by atoms with van der Waals surface area (Å²) < 4.78 is 0. The van der Waals surface area contributed by atoms with Gasteiger partial charge in [0.15, 0.2) is 0 Å². The molecule has 2 rings (SSSR count). The number of aryl methyl sites for hydroxylation is 1. The second kappa shape index (κ2) is 5.89. The van der Waals surface area contributed by atoms with Crippen LogP contribution in [-0.4, -0.2) is 5.54 Å². The number of hydrogen-bond acceptors (Lipinski definition) is 1. The SMILES string of the molecule is CCC(C)(C)C1CCC(N)(Cc2ccccc2C)CC1. The van der Waals surface area contributed by atoms with Crippen LogP contribution in [0.2, 0.25) is 0 Å². The molecule has 1 saturated carbocycles. The van der Waals surface area contributed by atoms with Crippen molar-refractivity contribution >= 4 is 0 Å². The minimum atomic E-state index is 0.0203. The summed E-state index contributed by atoms with van der Waals surface area (Å²) in [6, 6.07) is 8.69. The zero-order chi connectivity index (χ0) is 14.8. The van der Waals surface area contributed by atoms with Gasteiger partial charge in [0.1, 0.15) is 0 Å². The number of nitrogens with two attached hydrogens (primary N) is 1. The summed E-state index contributed by atoms with van der Waals surface area (Å²) in [7, 11) is 0. The van der Waals surface area contributed by atoms with Crippen molar-refractivity contribution < 1.29 is 0 Å². The van der Waals surface area contributed by atoms with E-state index in [0.717, 1.165) is 12.3 Å². The van der Waals surface area contributed by atoms with Crippen molar-refractivity contribution in [3.05, 3.63) is 35.4 Å². The minimum absolute atomic E-state index is 0.0203. The first-order chi connectivity index (χ1) is 9.36. The molecule has 1 fully saturated rings. The maximum Gasteiger partial charge on any atom is 0.0195 e. The second-order valence-corrected chi connectivity index (χ2v) is 7.58. The van der Waals surface area contributed by atoms with Gasteiger partial charge in [-0.1, -0.05) is 51.5 Å². The average Bonchev–Trinajstić information content (AvgIpc) is 2.42. The van der Waals surface area contributed by atoms with E-state index in [4.69, 9.17) is 5.73 Å². The topological polar surface area (TPSA) is 26.0 Å². The number of hydrogen-bond donors (Lipinski definition) is 1. The van der Waals surface area contributed by atoms with Gasteiger partial charge >= 0.3 is 0 Å². The predicted octanol–water partition coefficient (Wildman–Crippen LogP) is 4.86. The van der Waals surface area contributed by atoms with Gasteiger partial charge in [-0.3, -0.25) is 0 Å². The van der Waals surface area contributed by atoms with Crippen LogP contribution in [0.15, 0.2) is 24.3 Å². The largest absolute Gasteiger partial charge is 0.325 e. The summed E-state index contributed by atoms with van der Waals surface area (Å²) in [5, 5.41) is 0. The first-order valence-electron chi connectivity index (χ1n) is 8.20. The number of rotatable bonds is 4. The first kappa shape index (κ1) is 15.6. The highest BCUT2D eigenvalue weighted by Crippen LogP contribution is 2.43. The summed E-state index contributed by atoms with van der Waals surface area (Å²) in [5.41, 5.74) is 10.0. The maximum absolute atomic E-state index is 6.71. The van der Waals surface area contributed by atoms with Crippen LogP contribution < -0.4 is 5.73 Å². The highest BCUT2D eigenvalue weighted by Gasteiger charge is 2.37. The van der Waals surface area contributed by atoms with Crippen molar-refractivity contribution in [1.82, 2.24) is 0 Å². The molecule has 0 amide bonds. The van der Waals surface area contributed by atoms with E-state index in [-0.39, 0.29) is 5.54 Å². The van der Waals surface area contributed by atoms with Crippen LogP contribution in [0.4, 0.5) is 0 Å². The average molecular weight is 273 g/mol. The fraction of sp³-hybridized carbons (Fsp3) is 0.684. The Morgan fingerprint density at radius 3 is 2.35 bits per heavy atom. The third-order valence-corrected chi connectivity index (χ3v) is 5.80.